The standard InChI is InChI=1S/C23H12BrCl3F4N2O2/c24-13-5-9(6-16(30)20(13)31)18-19(23(18,26)27)22(35)32-11-2-3-14(25)12(8-11)21(34)33-17-4-1-10(28)7-15(17)29/h1-8,18-19H,(H,32,35)(H,33,34)/t18-,19-/m1/s1. The summed E-state index contributed by atoms with van der Waals surface area (Å²) in [6, 6.07) is 8.81. The number of alkyl halides is 2. The molecule has 0 bridgehead atoms. The highest BCUT2D eigenvalue weighted by molar-refractivity contribution is 9.10. The SMILES string of the molecule is O=C(Nc1ccc(F)cc1F)c1cc(NC(=O)[C@H]2[C@@H](c3cc(F)c(F)c(Br)c3)C2(Cl)Cl)ccc1Cl. The molecule has 35 heavy (non-hydrogen) atoms. The molecule has 12 heteroatoms. The fraction of sp³-hybridized carbons (Fsp3) is 0.130. The molecule has 0 radical (unpaired) electrons. The fourth-order valence-corrected chi connectivity index (χ4v) is 5.09. The Hall–Kier alpha value is -2.33. The van der Waals surface area contributed by atoms with Crippen molar-refractivity contribution < 1.29 is 27.2 Å². The second kappa shape index (κ2) is 9.61. The van der Waals surface area contributed by atoms with Gasteiger partial charge in [0, 0.05) is 17.7 Å². The molecule has 4 rings (SSSR count). The predicted molar refractivity (Wildman–Crippen MR) is 129 cm³/mol. The van der Waals surface area contributed by atoms with Crippen LogP contribution < -0.4 is 10.6 Å². The second-order valence-corrected chi connectivity index (χ2v) is 10.4. The summed E-state index contributed by atoms with van der Waals surface area (Å²) >= 11 is 21.5. The summed E-state index contributed by atoms with van der Waals surface area (Å²) in [6.07, 6.45) is 0. The summed E-state index contributed by atoms with van der Waals surface area (Å²) in [6.45, 7) is 0. The van der Waals surface area contributed by atoms with Gasteiger partial charge >= 0.3 is 0 Å². The third-order valence-corrected chi connectivity index (χ3v) is 7.21. The van der Waals surface area contributed by atoms with Crippen molar-refractivity contribution in [3.8, 4) is 0 Å². The summed E-state index contributed by atoms with van der Waals surface area (Å²) in [4.78, 5) is 25.5. The molecule has 2 amide bonds. The van der Waals surface area contributed by atoms with Crippen molar-refractivity contribution in [1.29, 1.82) is 0 Å². The lowest BCUT2D eigenvalue weighted by Crippen LogP contribution is -2.18. The Kier molecular flexibility index (Phi) is 7.07. The number of carbonyl (C=O) groups excluding carboxylic acids is 2. The molecule has 2 N–H and O–H groups in total. The first-order valence-electron chi connectivity index (χ1n) is 9.79. The highest BCUT2D eigenvalue weighted by Crippen LogP contribution is 2.65. The highest BCUT2D eigenvalue weighted by atomic mass is 79.9. The van der Waals surface area contributed by atoms with Gasteiger partial charge in [0.1, 0.15) is 16.0 Å². The first-order chi connectivity index (χ1) is 16.4. The van der Waals surface area contributed by atoms with E-state index < -0.39 is 51.3 Å². The minimum atomic E-state index is -1.58. The largest absolute Gasteiger partial charge is 0.326 e. The van der Waals surface area contributed by atoms with Crippen LogP contribution in [0.25, 0.3) is 0 Å². The zero-order valence-electron chi connectivity index (χ0n) is 17.1. The number of rotatable bonds is 5. The van der Waals surface area contributed by atoms with E-state index in [0.717, 1.165) is 18.2 Å². The van der Waals surface area contributed by atoms with E-state index in [1.807, 2.05) is 0 Å². The molecule has 3 aromatic rings. The summed E-state index contributed by atoms with van der Waals surface area (Å²) < 4.78 is 52.7. The Morgan fingerprint density at radius 2 is 1.63 bits per heavy atom. The number of halogens is 8. The number of nitrogens with one attached hydrogen (secondary N) is 2. The Morgan fingerprint density at radius 1 is 0.914 bits per heavy atom. The lowest BCUT2D eigenvalue weighted by atomic mass is 10.1. The molecular formula is C23H12BrCl3F4N2O2. The van der Waals surface area contributed by atoms with Crippen molar-refractivity contribution in [2.24, 2.45) is 5.92 Å². The highest BCUT2D eigenvalue weighted by Gasteiger charge is 2.67. The van der Waals surface area contributed by atoms with Crippen LogP contribution in [-0.2, 0) is 4.79 Å². The Labute approximate surface area is 219 Å². The van der Waals surface area contributed by atoms with Gasteiger partial charge in [0.2, 0.25) is 5.91 Å². The van der Waals surface area contributed by atoms with Crippen LogP contribution in [0.2, 0.25) is 5.02 Å². The predicted octanol–water partition coefficient (Wildman–Crippen LogP) is 7.44. The fourth-order valence-electron chi connectivity index (χ4n) is 3.60. The maximum Gasteiger partial charge on any atom is 0.257 e. The molecule has 0 aromatic heterocycles. The third kappa shape index (κ3) is 5.14. The van der Waals surface area contributed by atoms with E-state index in [-0.39, 0.29) is 32.0 Å². The zero-order chi connectivity index (χ0) is 25.7. The number of hydrogen-bond acceptors (Lipinski definition) is 2. The van der Waals surface area contributed by atoms with Crippen LogP contribution in [0.4, 0.5) is 28.9 Å². The molecule has 3 aromatic carbocycles. The Bertz CT molecular complexity index is 1350. The lowest BCUT2D eigenvalue weighted by Gasteiger charge is -2.11. The molecule has 0 unspecified atom stereocenters. The number of anilines is 2. The molecule has 1 aliphatic carbocycles. The van der Waals surface area contributed by atoms with Gasteiger partial charge in [0.25, 0.3) is 5.91 Å². The van der Waals surface area contributed by atoms with Crippen molar-refractivity contribution >= 4 is 73.9 Å². The number of benzene rings is 3. The smallest absolute Gasteiger partial charge is 0.257 e. The molecule has 4 nitrogen and oxygen atoms in total. The maximum atomic E-state index is 13.9. The number of carbonyl (C=O) groups is 2. The van der Waals surface area contributed by atoms with Gasteiger partial charge in [0.05, 0.1) is 26.7 Å². The minimum Gasteiger partial charge on any atom is -0.326 e. The number of hydrogen-bond donors (Lipinski definition) is 2. The number of amides is 2. The monoisotopic (exact) mass is 608 g/mol. The van der Waals surface area contributed by atoms with Crippen LogP contribution in [0.5, 0.6) is 0 Å². The van der Waals surface area contributed by atoms with Crippen LogP contribution >= 0.6 is 50.7 Å². The lowest BCUT2D eigenvalue weighted by molar-refractivity contribution is -0.117. The normalized spacial score (nSPS) is 18.2. The van der Waals surface area contributed by atoms with Crippen LogP contribution in [-0.4, -0.2) is 16.1 Å². The van der Waals surface area contributed by atoms with Gasteiger partial charge < -0.3 is 10.6 Å². The molecule has 2 atom stereocenters. The van der Waals surface area contributed by atoms with Gasteiger partial charge in [-0.2, -0.15) is 0 Å². The van der Waals surface area contributed by atoms with Crippen molar-refractivity contribution in [2.45, 2.75) is 10.3 Å². The van der Waals surface area contributed by atoms with Crippen molar-refractivity contribution in [1.82, 2.24) is 0 Å². The molecule has 182 valence electrons. The van der Waals surface area contributed by atoms with Crippen LogP contribution in [0.1, 0.15) is 21.8 Å². The molecule has 0 heterocycles. The molecule has 0 aliphatic heterocycles. The average Bonchev–Trinajstić information content (AvgIpc) is 3.37. The van der Waals surface area contributed by atoms with Gasteiger partial charge in [-0.15, -0.1) is 23.2 Å². The van der Waals surface area contributed by atoms with E-state index in [9.17, 15) is 27.2 Å². The minimum absolute atomic E-state index is 0.00277. The summed E-state index contributed by atoms with van der Waals surface area (Å²) in [5.74, 6) is -7.29. The summed E-state index contributed by atoms with van der Waals surface area (Å²) in [5, 5.41) is 4.83. The topological polar surface area (TPSA) is 58.2 Å². The van der Waals surface area contributed by atoms with E-state index in [4.69, 9.17) is 34.8 Å². The first kappa shape index (κ1) is 25.8. The van der Waals surface area contributed by atoms with Gasteiger partial charge in [-0.25, -0.2) is 17.6 Å². The van der Waals surface area contributed by atoms with Gasteiger partial charge in [-0.1, -0.05) is 11.6 Å². The van der Waals surface area contributed by atoms with E-state index in [1.165, 1.54) is 24.3 Å². The first-order valence-corrected chi connectivity index (χ1v) is 11.7. The van der Waals surface area contributed by atoms with Crippen molar-refractivity contribution in [3.05, 3.63) is 92.4 Å². The van der Waals surface area contributed by atoms with Gasteiger partial charge in [0.15, 0.2) is 11.6 Å². The van der Waals surface area contributed by atoms with E-state index in [0.29, 0.717) is 6.07 Å². The van der Waals surface area contributed by atoms with Crippen molar-refractivity contribution in [3.63, 3.8) is 0 Å². The maximum absolute atomic E-state index is 13.9. The van der Waals surface area contributed by atoms with Crippen LogP contribution in [0, 0.1) is 29.2 Å². The molecule has 1 fully saturated rings. The summed E-state index contributed by atoms with van der Waals surface area (Å²) in [5.41, 5.74) is -0.00799. The van der Waals surface area contributed by atoms with Crippen LogP contribution in [0.15, 0.2) is 53.0 Å². The zero-order valence-corrected chi connectivity index (χ0v) is 21.0. The average molecular weight is 611 g/mol. The Morgan fingerprint density at radius 3 is 2.29 bits per heavy atom. The second-order valence-electron chi connectivity index (χ2n) is 7.69. The van der Waals surface area contributed by atoms with E-state index in [2.05, 4.69) is 26.6 Å². The van der Waals surface area contributed by atoms with Gasteiger partial charge in [-0.05, 0) is 64.0 Å². The summed E-state index contributed by atoms with van der Waals surface area (Å²) in [7, 11) is 0. The quantitative estimate of drug-likeness (QED) is 0.179. The molecule has 1 saturated carbocycles. The molecule has 0 spiro atoms. The van der Waals surface area contributed by atoms with Crippen LogP contribution in [0.3, 0.4) is 0 Å². The van der Waals surface area contributed by atoms with Crippen molar-refractivity contribution in [2.75, 3.05) is 10.6 Å². The molecule has 0 saturated heterocycles. The van der Waals surface area contributed by atoms with E-state index >= 15 is 0 Å². The molecule has 1 aliphatic rings. The van der Waals surface area contributed by atoms with E-state index in [1.54, 1.807) is 0 Å². The Balaban J connectivity index is 1.52. The third-order valence-electron chi connectivity index (χ3n) is 5.36. The van der Waals surface area contributed by atoms with Gasteiger partial charge in [-0.3, -0.25) is 9.59 Å². The molecular weight excluding hydrogens is 599 g/mol.